The van der Waals surface area contributed by atoms with Crippen molar-refractivity contribution in [1.82, 2.24) is 25.3 Å². The Hall–Kier alpha value is -3.11. The number of aromatic nitrogens is 5. The number of aryl methyl sites for hydroxylation is 2. The van der Waals surface area contributed by atoms with Gasteiger partial charge in [-0.25, -0.2) is 4.98 Å². The molecule has 0 aromatic carbocycles. The molecule has 0 radical (unpaired) electrons. The number of aromatic amines is 2. The summed E-state index contributed by atoms with van der Waals surface area (Å²) < 4.78 is 43.3. The molecule has 24 heavy (non-hydrogen) atoms. The van der Waals surface area contributed by atoms with Crippen molar-refractivity contribution in [2.45, 2.75) is 20.0 Å². The highest BCUT2D eigenvalue weighted by Crippen LogP contribution is 2.33. The summed E-state index contributed by atoms with van der Waals surface area (Å²) >= 11 is 0. The highest BCUT2D eigenvalue weighted by atomic mass is 19.4. The molecule has 3 heterocycles. The van der Waals surface area contributed by atoms with Gasteiger partial charge in [-0.15, -0.1) is 0 Å². The maximum absolute atomic E-state index is 12.8. The Bertz CT molecular complexity index is 892. The summed E-state index contributed by atoms with van der Waals surface area (Å²) in [5, 5.41) is 12.3. The van der Waals surface area contributed by atoms with Crippen molar-refractivity contribution in [3.63, 3.8) is 0 Å². The molecule has 1 amide bonds. The molecule has 0 spiro atoms. The average Bonchev–Trinajstić information content (AvgIpc) is 3.17. The van der Waals surface area contributed by atoms with Gasteiger partial charge in [-0.1, -0.05) is 5.16 Å². The van der Waals surface area contributed by atoms with Crippen molar-refractivity contribution >= 4 is 11.6 Å². The fourth-order valence-corrected chi connectivity index (χ4v) is 2.08. The van der Waals surface area contributed by atoms with Crippen LogP contribution in [0.15, 0.2) is 16.8 Å². The van der Waals surface area contributed by atoms with Gasteiger partial charge in [0.2, 0.25) is 0 Å². The lowest BCUT2D eigenvalue weighted by Crippen LogP contribution is -2.12. The Labute approximate surface area is 132 Å². The van der Waals surface area contributed by atoms with Crippen molar-refractivity contribution in [2.24, 2.45) is 0 Å². The smallest absolute Gasteiger partial charge is 0.361 e. The van der Waals surface area contributed by atoms with E-state index in [0.29, 0.717) is 5.76 Å². The first-order chi connectivity index (χ1) is 11.3. The number of carbonyl (C=O) groups excluding carboxylic acids is 1. The number of halogens is 3. The fraction of sp³-hybridized carbons (Fsp3) is 0.231. The van der Waals surface area contributed by atoms with Crippen LogP contribution in [-0.4, -0.2) is 31.2 Å². The number of nitrogens with one attached hydrogen (secondary N) is 3. The molecule has 0 unspecified atom stereocenters. The number of hydrogen-bond donors (Lipinski definition) is 3. The molecule has 3 aromatic heterocycles. The lowest BCUT2D eigenvalue weighted by atomic mass is 10.3. The van der Waals surface area contributed by atoms with Crippen molar-refractivity contribution in [3.05, 3.63) is 35.1 Å². The average molecular weight is 340 g/mol. The van der Waals surface area contributed by atoms with Gasteiger partial charge < -0.3 is 14.8 Å². The van der Waals surface area contributed by atoms with Crippen LogP contribution < -0.4 is 5.32 Å². The Morgan fingerprint density at radius 1 is 1.33 bits per heavy atom. The number of carbonyl (C=O) groups is 1. The third-order valence-electron chi connectivity index (χ3n) is 3.14. The Morgan fingerprint density at radius 2 is 2.08 bits per heavy atom. The largest absolute Gasteiger partial charge is 0.435 e. The van der Waals surface area contributed by atoms with Gasteiger partial charge in [0.15, 0.2) is 17.2 Å². The van der Waals surface area contributed by atoms with E-state index < -0.39 is 17.8 Å². The summed E-state index contributed by atoms with van der Waals surface area (Å²) in [6, 6.07) is 1.42. The second-order valence-electron chi connectivity index (χ2n) is 4.99. The second-order valence-corrected chi connectivity index (χ2v) is 4.99. The van der Waals surface area contributed by atoms with Crippen molar-refractivity contribution in [3.8, 4) is 11.5 Å². The second kappa shape index (κ2) is 5.51. The number of rotatable bonds is 3. The molecule has 0 saturated carbocycles. The van der Waals surface area contributed by atoms with E-state index >= 15 is 0 Å². The molecular weight excluding hydrogens is 329 g/mol. The SMILES string of the molecule is Cc1cc(C(=O)Nc2cn[nH]c2-c2nc(C(F)(F)F)c(C)[nH]2)no1. The molecule has 0 aliphatic rings. The number of anilines is 1. The first-order valence-electron chi connectivity index (χ1n) is 6.68. The molecule has 0 fully saturated rings. The summed E-state index contributed by atoms with van der Waals surface area (Å²) in [5.41, 5.74) is -0.871. The maximum atomic E-state index is 12.8. The lowest BCUT2D eigenvalue weighted by Gasteiger charge is -2.02. The standard InChI is InChI=1S/C13H11F3N6O2/c1-5-3-7(22-24-5)12(23)19-8-4-17-21-9(8)11-18-6(2)10(20-11)13(14,15)16/h3-4H,1-2H3,(H,17,21)(H,18,20)(H,19,23). The monoisotopic (exact) mass is 340 g/mol. The molecule has 3 aromatic rings. The third kappa shape index (κ3) is 2.87. The van der Waals surface area contributed by atoms with Gasteiger partial charge >= 0.3 is 6.18 Å². The van der Waals surface area contributed by atoms with E-state index in [0.717, 1.165) is 0 Å². The zero-order valence-corrected chi connectivity index (χ0v) is 12.4. The number of imidazole rings is 1. The summed E-state index contributed by atoms with van der Waals surface area (Å²) in [6.45, 7) is 2.88. The lowest BCUT2D eigenvalue weighted by molar-refractivity contribution is -0.141. The summed E-state index contributed by atoms with van der Waals surface area (Å²) in [4.78, 5) is 18.1. The van der Waals surface area contributed by atoms with Crippen LogP contribution in [0.2, 0.25) is 0 Å². The van der Waals surface area contributed by atoms with Crippen LogP contribution in [0.4, 0.5) is 18.9 Å². The Balaban J connectivity index is 1.90. The van der Waals surface area contributed by atoms with E-state index in [9.17, 15) is 18.0 Å². The summed E-state index contributed by atoms with van der Waals surface area (Å²) in [6.07, 6.45) is -3.33. The molecule has 0 atom stereocenters. The number of hydrogen-bond acceptors (Lipinski definition) is 5. The number of amides is 1. The molecule has 8 nitrogen and oxygen atoms in total. The molecule has 11 heteroatoms. The van der Waals surface area contributed by atoms with Crippen LogP contribution in [0.3, 0.4) is 0 Å². The van der Waals surface area contributed by atoms with Gasteiger partial charge in [-0.2, -0.15) is 18.3 Å². The van der Waals surface area contributed by atoms with E-state index in [-0.39, 0.29) is 28.6 Å². The van der Waals surface area contributed by atoms with E-state index in [4.69, 9.17) is 4.52 Å². The Kier molecular flexibility index (Phi) is 3.62. The number of H-pyrrole nitrogens is 2. The molecule has 3 rings (SSSR count). The minimum atomic E-state index is -4.58. The van der Waals surface area contributed by atoms with Crippen molar-refractivity contribution in [1.29, 1.82) is 0 Å². The Morgan fingerprint density at radius 3 is 2.67 bits per heavy atom. The van der Waals surface area contributed by atoms with Gasteiger partial charge in [0.25, 0.3) is 5.91 Å². The molecule has 0 aliphatic carbocycles. The van der Waals surface area contributed by atoms with Gasteiger partial charge in [0, 0.05) is 11.8 Å². The van der Waals surface area contributed by atoms with E-state index in [1.807, 2.05) is 0 Å². The zero-order chi connectivity index (χ0) is 17.5. The van der Waals surface area contributed by atoms with Gasteiger partial charge in [0.05, 0.1) is 11.9 Å². The normalized spacial score (nSPS) is 11.7. The van der Waals surface area contributed by atoms with Crippen LogP contribution in [0.5, 0.6) is 0 Å². The van der Waals surface area contributed by atoms with E-state index in [2.05, 4.69) is 30.6 Å². The fourth-order valence-electron chi connectivity index (χ4n) is 2.08. The molecule has 126 valence electrons. The first-order valence-corrected chi connectivity index (χ1v) is 6.68. The zero-order valence-electron chi connectivity index (χ0n) is 12.4. The van der Waals surface area contributed by atoms with Crippen LogP contribution in [0, 0.1) is 13.8 Å². The van der Waals surface area contributed by atoms with Gasteiger partial charge in [-0.3, -0.25) is 9.89 Å². The van der Waals surface area contributed by atoms with Crippen molar-refractivity contribution in [2.75, 3.05) is 5.32 Å². The van der Waals surface area contributed by atoms with Gasteiger partial charge in [-0.05, 0) is 13.8 Å². The quantitative estimate of drug-likeness (QED) is 0.678. The third-order valence-corrected chi connectivity index (χ3v) is 3.14. The molecule has 0 bridgehead atoms. The predicted octanol–water partition coefficient (Wildman–Crippen LogP) is 2.68. The van der Waals surface area contributed by atoms with Gasteiger partial charge in [0.1, 0.15) is 11.5 Å². The molecule has 3 N–H and O–H groups in total. The minimum Gasteiger partial charge on any atom is -0.361 e. The first kappa shape index (κ1) is 15.8. The van der Waals surface area contributed by atoms with Crippen LogP contribution in [0.1, 0.15) is 27.6 Å². The highest BCUT2D eigenvalue weighted by Gasteiger charge is 2.36. The number of alkyl halides is 3. The summed E-state index contributed by atoms with van der Waals surface area (Å²) in [5.74, 6) is -0.234. The maximum Gasteiger partial charge on any atom is 0.435 e. The molecule has 0 aliphatic heterocycles. The molecular formula is C13H11F3N6O2. The van der Waals surface area contributed by atoms with E-state index in [1.165, 1.54) is 19.2 Å². The highest BCUT2D eigenvalue weighted by molar-refractivity contribution is 6.04. The van der Waals surface area contributed by atoms with Crippen LogP contribution >= 0.6 is 0 Å². The number of nitrogens with zero attached hydrogens (tertiary/aromatic N) is 3. The topological polar surface area (TPSA) is 112 Å². The van der Waals surface area contributed by atoms with E-state index in [1.54, 1.807) is 6.92 Å². The van der Waals surface area contributed by atoms with Crippen LogP contribution in [0.25, 0.3) is 11.5 Å². The molecule has 0 saturated heterocycles. The van der Waals surface area contributed by atoms with Crippen LogP contribution in [-0.2, 0) is 6.18 Å². The minimum absolute atomic E-state index is 0.0336. The van der Waals surface area contributed by atoms with Crippen molar-refractivity contribution < 1.29 is 22.5 Å². The predicted molar refractivity (Wildman–Crippen MR) is 75.1 cm³/mol. The summed E-state index contributed by atoms with van der Waals surface area (Å²) in [7, 11) is 0.